The molecule has 4 nitrogen and oxygen atoms in total. The molecule has 0 bridgehead atoms. The van der Waals surface area contributed by atoms with Crippen molar-refractivity contribution in [1.82, 2.24) is 9.97 Å². The quantitative estimate of drug-likeness (QED) is 0.561. The second-order valence-corrected chi connectivity index (χ2v) is 7.53. The van der Waals surface area contributed by atoms with Crippen LogP contribution in [0.5, 0.6) is 0 Å². The van der Waals surface area contributed by atoms with E-state index in [-0.39, 0.29) is 11.5 Å². The molecule has 7 heteroatoms. The number of anilines is 1. The van der Waals surface area contributed by atoms with Crippen LogP contribution in [0.1, 0.15) is 21.7 Å². The Kier molecular flexibility index (Phi) is 5.68. The number of aryl methyl sites for hydroxylation is 2. The highest BCUT2D eigenvalue weighted by molar-refractivity contribution is 9.10. The van der Waals surface area contributed by atoms with Crippen LogP contribution < -0.4 is 5.32 Å². The van der Waals surface area contributed by atoms with Gasteiger partial charge in [0.15, 0.2) is 5.16 Å². The van der Waals surface area contributed by atoms with Crippen LogP contribution in [0.15, 0.2) is 63.1 Å². The molecular weight excluding hydrogens is 417 g/mol. The molecular formula is C19H15BrFN3OS. The van der Waals surface area contributed by atoms with Crippen LogP contribution in [0.2, 0.25) is 0 Å². The summed E-state index contributed by atoms with van der Waals surface area (Å²) in [5.74, 6) is -0.840. The monoisotopic (exact) mass is 431 g/mol. The molecule has 132 valence electrons. The molecule has 0 saturated carbocycles. The van der Waals surface area contributed by atoms with Crippen LogP contribution in [0.4, 0.5) is 10.1 Å². The normalized spacial score (nSPS) is 10.6. The molecule has 0 aliphatic carbocycles. The SMILES string of the molecule is Cc1cc(C)nc(Sc2ccc(NC(=O)c3cc(F)ccc3Br)cc2)n1. The lowest BCUT2D eigenvalue weighted by Crippen LogP contribution is -2.12. The average molecular weight is 432 g/mol. The molecule has 1 aromatic heterocycles. The lowest BCUT2D eigenvalue weighted by molar-refractivity contribution is 0.102. The van der Waals surface area contributed by atoms with Crippen molar-refractivity contribution in [2.24, 2.45) is 0 Å². The molecule has 26 heavy (non-hydrogen) atoms. The fourth-order valence-corrected chi connectivity index (χ4v) is 3.61. The van der Waals surface area contributed by atoms with E-state index in [4.69, 9.17) is 0 Å². The molecule has 1 amide bonds. The highest BCUT2D eigenvalue weighted by Crippen LogP contribution is 2.27. The van der Waals surface area contributed by atoms with Crippen LogP contribution in [0.3, 0.4) is 0 Å². The largest absolute Gasteiger partial charge is 0.322 e. The van der Waals surface area contributed by atoms with Gasteiger partial charge in [-0.15, -0.1) is 0 Å². The van der Waals surface area contributed by atoms with E-state index in [0.717, 1.165) is 16.3 Å². The number of aromatic nitrogens is 2. The number of halogens is 2. The van der Waals surface area contributed by atoms with E-state index >= 15 is 0 Å². The number of benzene rings is 2. The zero-order chi connectivity index (χ0) is 18.7. The van der Waals surface area contributed by atoms with Crippen LogP contribution in [0.25, 0.3) is 0 Å². The minimum absolute atomic E-state index is 0.243. The molecule has 3 rings (SSSR count). The van der Waals surface area contributed by atoms with Crippen molar-refractivity contribution in [3.8, 4) is 0 Å². The lowest BCUT2D eigenvalue weighted by Gasteiger charge is -2.08. The second kappa shape index (κ2) is 7.97. The second-order valence-electron chi connectivity index (χ2n) is 5.64. The Bertz CT molecular complexity index is 943. The van der Waals surface area contributed by atoms with Crippen LogP contribution in [-0.4, -0.2) is 15.9 Å². The van der Waals surface area contributed by atoms with E-state index in [9.17, 15) is 9.18 Å². The summed E-state index contributed by atoms with van der Waals surface area (Å²) in [5, 5.41) is 3.44. The molecule has 3 aromatic rings. The van der Waals surface area contributed by atoms with Gasteiger partial charge in [0, 0.05) is 26.4 Å². The summed E-state index contributed by atoms with van der Waals surface area (Å²) >= 11 is 4.71. The number of nitrogens with one attached hydrogen (secondary N) is 1. The van der Waals surface area contributed by atoms with Gasteiger partial charge in [-0.25, -0.2) is 14.4 Å². The van der Waals surface area contributed by atoms with Crippen molar-refractivity contribution in [1.29, 1.82) is 0 Å². The van der Waals surface area contributed by atoms with Gasteiger partial charge in [0.25, 0.3) is 5.91 Å². The summed E-state index contributed by atoms with van der Waals surface area (Å²) in [5.41, 5.74) is 2.71. The van der Waals surface area contributed by atoms with Crippen LogP contribution >= 0.6 is 27.7 Å². The third-order valence-electron chi connectivity index (χ3n) is 3.46. The Morgan fingerprint density at radius 3 is 2.35 bits per heavy atom. The Morgan fingerprint density at radius 2 is 1.69 bits per heavy atom. The van der Waals surface area contributed by atoms with E-state index in [0.29, 0.717) is 15.3 Å². The molecule has 0 aliphatic rings. The van der Waals surface area contributed by atoms with Gasteiger partial charge in [-0.05, 0) is 90.1 Å². The standard InChI is InChI=1S/C19H15BrFN3OS/c1-11-9-12(2)23-19(22-11)26-15-6-4-14(5-7-15)24-18(25)16-10-13(21)3-8-17(16)20/h3-10H,1-2H3,(H,24,25). The molecule has 0 atom stereocenters. The molecule has 1 N–H and O–H groups in total. The third-order valence-corrected chi connectivity index (χ3v) is 5.02. The predicted molar refractivity (Wildman–Crippen MR) is 104 cm³/mol. The van der Waals surface area contributed by atoms with Gasteiger partial charge in [0.2, 0.25) is 0 Å². The van der Waals surface area contributed by atoms with Gasteiger partial charge < -0.3 is 5.32 Å². The number of carbonyl (C=O) groups is 1. The fourth-order valence-electron chi connectivity index (χ4n) is 2.32. The Hall–Kier alpha value is -2.25. The van der Waals surface area contributed by atoms with Gasteiger partial charge in [0.1, 0.15) is 5.82 Å². The van der Waals surface area contributed by atoms with Gasteiger partial charge >= 0.3 is 0 Å². The summed E-state index contributed by atoms with van der Waals surface area (Å²) in [4.78, 5) is 22.1. The summed E-state index contributed by atoms with van der Waals surface area (Å²) in [7, 11) is 0. The lowest BCUT2D eigenvalue weighted by atomic mass is 10.2. The molecule has 0 aliphatic heterocycles. The van der Waals surface area contributed by atoms with Gasteiger partial charge in [0.05, 0.1) is 5.56 Å². The van der Waals surface area contributed by atoms with E-state index in [1.165, 1.54) is 30.0 Å². The zero-order valence-corrected chi connectivity index (χ0v) is 16.5. The van der Waals surface area contributed by atoms with E-state index < -0.39 is 5.82 Å². The number of carbonyl (C=O) groups excluding carboxylic acids is 1. The minimum atomic E-state index is -0.460. The van der Waals surface area contributed by atoms with Crippen molar-refractivity contribution in [2.45, 2.75) is 23.9 Å². The summed E-state index contributed by atoms with van der Waals surface area (Å²) < 4.78 is 13.9. The van der Waals surface area contributed by atoms with Crippen molar-refractivity contribution in [3.63, 3.8) is 0 Å². The third kappa shape index (κ3) is 4.68. The Morgan fingerprint density at radius 1 is 1.04 bits per heavy atom. The number of hydrogen-bond donors (Lipinski definition) is 1. The van der Waals surface area contributed by atoms with Crippen LogP contribution in [-0.2, 0) is 0 Å². The molecule has 1 heterocycles. The minimum Gasteiger partial charge on any atom is -0.322 e. The number of hydrogen-bond acceptors (Lipinski definition) is 4. The maximum atomic E-state index is 13.3. The van der Waals surface area contributed by atoms with Crippen molar-refractivity contribution >= 4 is 39.3 Å². The first kappa shape index (κ1) is 18.5. The van der Waals surface area contributed by atoms with Crippen molar-refractivity contribution < 1.29 is 9.18 Å². The maximum absolute atomic E-state index is 13.3. The summed E-state index contributed by atoms with van der Waals surface area (Å²) in [6.07, 6.45) is 0. The van der Waals surface area contributed by atoms with Gasteiger partial charge in [-0.3, -0.25) is 4.79 Å². The first-order chi connectivity index (χ1) is 12.4. The molecule has 0 radical (unpaired) electrons. The predicted octanol–water partition coefficient (Wildman–Crippen LogP) is 5.40. The van der Waals surface area contributed by atoms with Crippen molar-refractivity contribution in [2.75, 3.05) is 5.32 Å². The smallest absolute Gasteiger partial charge is 0.256 e. The van der Waals surface area contributed by atoms with E-state index in [2.05, 4.69) is 31.2 Å². The highest BCUT2D eigenvalue weighted by atomic mass is 79.9. The van der Waals surface area contributed by atoms with E-state index in [1.807, 2.05) is 32.0 Å². The maximum Gasteiger partial charge on any atom is 0.256 e. The Labute approximate surface area is 163 Å². The average Bonchev–Trinajstić information content (AvgIpc) is 2.58. The summed E-state index contributed by atoms with van der Waals surface area (Å²) in [6.45, 7) is 3.86. The number of nitrogens with zero attached hydrogens (tertiary/aromatic N) is 2. The zero-order valence-electron chi connectivity index (χ0n) is 14.1. The van der Waals surface area contributed by atoms with Gasteiger partial charge in [-0.2, -0.15) is 0 Å². The van der Waals surface area contributed by atoms with Gasteiger partial charge in [-0.1, -0.05) is 0 Å². The molecule has 0 unspecified atom stereocenters. The molecule has 2 aromatic carbocycles. The Balaban J connectivity index is 1.71. The van der Waals surface area contributed by atoms with Crippen molar-refractivity contribution in [3.05, 3.63) is 75.8 Å². The van der Waals surface area contributed by atoms with Crippen LogP contribution in [0, 0.1) is 19.7 Å². The fraction of sp³-hybridized carbons (Fsp3) is 0.105. The molecule has 0 saturated heterocycles. The first-order valence-electron chi connectivity index (χ1n) is 7.77. The first-order valence-corrected chi connectivity index (χ1v) is 9.38. The van der Waals surface area contributed by atoms with E-state index in [1.54, 1.807) is 12.1 Å². The summed E-state index contributed by atoms with van der Waals surface area (Å²) in [6, 6.07) is 13.3. The topological polar surface area (TPSA) is 54.9 Å². The molecule has 0 fully saturated rings. The molecule has 0 spiro atoms. The number of amides is 1. The number of rotatable bonds is 4. The highest BCUT2D eigenvalue weighted by Gasteiger charge is 2.12.